The number of allylic oxidation sites excluding steroid dienone is 6. The van der Waals surface area contributed by atoms with Crippen LogP contribution in [0, 0.1) is 29.1 Å². The zero-order valence-corrected chi connectivity index (χ0v) is 31.9. The molecule has 1 saturated heterocycles. The molecule has 1 aromatic heterocycles. The van der Waals surface area contributed by atoms with Gasteiger partial charge in [-0.2, -0.15) is 0 Å². The first-order valence-corrected chi connectivity index (χ1v) is 21.8. The van der Waals surface area contributed by atoms with Gasteiger partial charge < -0.3 is 10.3 Å². The Balaban J connectivity index is 1.07. The van der Waals surface area contributed by atoms with Crippen molar-refractivity contribution in [1.29, 1.82) is 0 Å². The normalized spacial score (nSPS) is 42.7. The summed E-state index contributed by atoms with van der Waals surface area (Å²) in [5.41, 5.74) is 7.15. The minimum absolute atomic E-state index is 0.00693. The van der Waals surface area contributed by atoms with Gasteiger partial charge in [-0.25, -0.2) is 20.0 Å². The van der Waals surface area contributed by atoms with Crippen LogP contribution in [0.25, 0.3) is 12.2 Å². The molecule has 2 N–H and O–H groups in total. The number of thioether (sulfide) groups is 4. The standard InChI is InChI=1S/C40H28N6O4S4/c1-13-3-7-19-28-23-11-21-18(16-5-4-14(2)51-35(16)48)9-15(41-21)10-22-29-27(30-39(29)12-20(39)37(50)53-30)33(42-22)45-31-25-17-6-8-24(52-36(17)49)26(25)32(44-31)46-38(43-23)40(19,28)54-34(13)47/h3-11,13-14,16-17,19-20,24,30,38,41,43H,12H2,1-2H3/b15-10?,21-11-,45-33?,46-32?. The van der Waals surface area contributed by atoms with Crippen LogP contribution in [0.1, 0.15) is 31.7 Å². The summed E-state index contributed by atoms with van der Waals surface area (Å²) in [6.45, 7) is 3.96. The van der Waals surface area contributed by atoms with Crippen molar-refractivity contribution in [2.24, 2.45) is 49.1 Å². The largest absolute Gasteiger partial charge is 0.362 e. The number of fused-ring (bicyclic) bond motifs is 11. The molecule has 11 unspecified atom stereocenters. The number of H-pyrrole nitrogens is 1. The number of aromatic nitrogens is 1. The van der Waals surface area contributed by atoms with Gasteiger partial charge in [-0.1, -0.05) is 90.4 Å². The minimum Gasteiger partial charge on any atom is -0.362 e. The summed E-state index contributed by atoms with van der Waals surface area (Å²) >= 11 is 5.39. The van der Waals surface area contributed by atoms with Crippen molar-refractivity contribution in [1.82, 2.24) is 10.3 Å². The van der Waals surface area contributed by atoms with Crippen LogP contribution in [0.3, 0.4) is 0 Å². The van der Waals surface area contributed by atoms with E-state index in [1.807, 2.05) is 44.2 Å². The number of hydrogen-bond donors (Lipinski definition) is 2. The first-order chi connectivity index (χ1) is 26.1. The summed E-state index contributed by atoms with van der Waals surface area (Å²) in [4.78, 5) is 78.1. The van der Waals surface area contributed by atoms with Crippen molar-refractivity contribution in [3.05, 3.63) is 92.3 Å². The summed E-state index contributed by atoms with van der Waals surface area (Å²) < 4.78 is -0.632. The molecule has 10 nitrogen and oxygen atoms in total. The van der Waals surface area contributed by atoms with Crippen LogP contribution < -0.4 is 16.0 Å². The molecule has 2 saturated carbocycles. The number of aromatic amines is 1. The minimum atomic E-state index is -0.632. The van der Waals surface area contributed by atoms with Gasteiger partial charge in [0, 0.05) is 61.5 Å². The highest BCUT2D eigenvalue weighted by atomic mass is 32.2. The molecule has 10 bridgehead atoms. The van der Waals surface area contributed by atoms with E-state index in [9.17, 15) is 19.2 Å². The lowest BCUT2D eigenvalue weighted by Crippen LogP contribution is -2.38. The summed E-state index contributed by atoms with van der Waals surface area (Å²) in [5, 5.41) is 5.63. The number of nitrogens with zero attached hydrogens (tertiary/aromatic N) is 4. The Hall–Kier alpha value is -3.98. The van der Waals surface area contributed by atoms with Crippen LogP contribution >= 0.6 is 47.0 Å². The van der Waals surface area contributed by atoms with Crippen molar-refractivity contribution in [2.75, 3.05) is 0 Å². The molecular weight excluding hydrogens is 757 g/mol. The third-order valence-electron chi connectivity index (χ3n) is 13.0. The summed E-state index contributed by atoms with van der Waals surface area (Å²) in [6.07, 6.45) is 16.7. The Labute approximate surface area is 324 Å². The van der Waals surface area contributed by atoms with Crippen LogP contribution in [0.4, 0.5) is 0 Å². The van der Waals surface area contributed by atoms with Crippen molar-refractivity contribution in [3.8, 4) is 0 Å². The van der Waals surface area contributed by atoms with E-state index < -0.39 is 22.7 Å². The Bertz CT molecular complexity index is 2710. The molecule has 9 aliphatic heterocycles. The highest BCUT2D eigenvalue weighted by molar-refractivity contribution is 8.15. The average Bonchev–Trinajstić information content (AvgIpc) is 3.78. The number of rotatable bonds is 1. The maximum absolute atomic E-state index is 13.6. The van der Waals surface area contributed by atoms with E-state index in [-0.39, 0.29) is 59.4 Å². The highest BCUT2D eigenvalue weighted by Crippen LogP contribution is 2.78. The van der Waals surface area contributed by atoms with E-state index in [1.54, 1.807) is 0 Å². The van der Waals surface area contributed by atoms with Crippen molar-refractivity contribution in [3.63, 3.8) is 0 Å². The Morgan fingerprint density at radius 3 is 2.43 bits per heavy atom. The van der Waals surface area contributed by atoms with E-state index in [2.05, 4.69) is 34.6 Å². The lowest BCUT2D eigenvalue weighted by Gasteiger charge is -2.35. The third kappa shape index (κ3) is 3.72. The van der Waals surface area contributed by atoms with Crippen molar-refractivity contribution < 1.29 is 19.2 Å². The zero-order chi connectivity index (χ0) is 36.2. The van der Waals surface area contributed by atoms with Gasteiger partial charge in [0.25, 0.3) is 0 Å². The van der Waals surface area contributed by atoms with E-state index in [4.69, 9.17) is 20.0 Å². The summed E-state index contributed by atoms with van der Waals surface area (Å²) in [6, 6.07) is 2.05. The fourth-order valence-corrected chi connectivity index (χ4v) is 15.4. The Kier molecular flexibility index (Phi) is 5.82. The first kappa shape index (κ1) is 31.2. The van der Waals surface area contributed by atoms with Gasteiger partial charge >= 0.3 is 0 Å². The molecule has 3 fully saturated rings. The highest BCUT2D eigenvalue weighted by Gasteiger charge is 2.78. The number of carbonyl (C=O) groups excluding carboxylic acids is 4. The first-order valence-electron chi connectivity index (χ1n) is 18.3. The smallest absolute Gasteiger partial charge is 0.201 e. The Morgan fingerprint density at radius 2 is 1.59 bits per heavy atom. The fourth-order valence-electron chi connectivity index (χ4n) is 10.4. The van der Waals surface area contributed by atoms with Crippen LogP contribution in [-0.4, -0.2) is 75.3 Å². The molecular formula is C40H28N6O4S4. The predicted molar refractivity (Wildman–Crippen MR) is 214 cm³/mol. The monoisotopic (exact) mass is 784 g/mol. The molecule has 13 aliphatic rings. The van der Waals surface area contributed by atoms with Gasteiger partial charge in [0.2, 0.25) is 10.2 Å². The van der Waals surface area contributed by atoms with E-state index in [1.165, 1.54) is 47.0 Å². The number of carbonyl (C=O) groups is 4. The second-order valence-corrected chi connectivity index (χ2v) is 20.8. The SMILES string of the molecule is CC1C=CC(c2cc3[nH]/c2=C\C2=C4C5C=CC(C)C(=O)SC45C(N=C4N=C(N=C5N=C(C=3)C3=C5C5SC(=O)C6CC365)C3=C4C4C=CC3C(=O)S4)N2)C(=O)S1. The van der Waals surface area contributed by atoms with E-state index >= 15 is 0 Å². The van der Waals surface area contributed by atoms with Crippen LogP contribution in [0.15, 0.2) is 96.1 Å². The lowest BCUT2D eigenvalue weighted by atomic mass is 9.71. The van der Waals surface area contributed by atoms with Gasteiger partial charge in [-0.05, 0) is 48.3 Å². The molecule has 0 aromatic carbocycles. The maximum atomic E-state index is 13.6. The molecule has 266 valence electrons. The quantitative estimate of drug-likeness (QED) is 0.408. The number of hydrogen-bond acceptors (Lipinski definition) is 13. The zero-order valence-electron chi connectivity index (χ0n) is 28.7. The molecule has 14 rings (SSSR count). The van der Waals surface area contributed by atoms with Crippen LogP contribution in [-0.2, 0) is 19.2 Å². The molecule has 11 atom stereocenters. The molecule has 2 spiro atoms. The second-order valence-electron chi connectivity index (χ2n) is 15.9. The van der Waals surface area contributed by atoms with E-state index in [0.29, 0.717) is 17.5 Å². The third-order valence-corrected chi connectivity index (χ3v) is 18.2. The number of nitrogens with one attached hydrogen (secondary N) is 2. The number of aliphatic imine (C=N–C) groups is 4. The second kappa shape index (κ2) is 10.1. The predicted octanol–water partition coefficient (Wildman–Crippen LogP) is 3.66. The summed E-state index contributed by atoms with van der Waals surface area (Å²) in [5.74, 6) is 0.331. The van der Waals surface area contributed by atoms with E-state index in [0.717, 1.165) is 62.0 Å². The molecule has 10 heterocycles. The molecule has 4 aliphatic carbocycles. The fraction of sp³-hybridized carbons (Fsp3) is 0.350. The topological polar surface area (TPSA) is 146 Å². The van der Waals surface area contributed by atoms with Gasteiger partial charge in [0.15, 0.2) is 27.7 Å². The van der Waals surface area contributed by atoms with Crippen LogP contribution in [0.2, 0.25) is 0 Å². The lowest BCUT2D eigenvalue weighted by molar-refractivity contribution is -0.113. The molecule has 1 aromatic rings. The number of amidine groups is 3. The summed E-state index contributed by atoms with van der Waals surface area (Å²) in [7, 11) is 0. The van der Waals surface area contributed by atoms with Gasteiger partial charge in [0.05, 0.1) is 32.8 Å². The van der Waals surface area contributed by atoms with Gasteiger partial charge in [0.1, 0.15) is 6.17 Å². The van der Waals surface area contributed by atoms with Crippen molar-refractivity contribution in [2.45, 2.75) is 52.8 Å². The molecule has 54 heavy (non-hydrogen) atoms. The average molecular weight is 785 g/mol. The molecule has 0 radical (unpaired) electrons. The van der Waals surface area contributed by atoms with Crippen LogP contribution in [0.5, 0.6) is 0 Å². The van der Waals surface area contributed by atoms with Gasteiger partial charge in [-0.3, -0.25) is 19.2 Å². The van der Waals surface area contributed by atoms with Gasteiger partial charge in [-0.15, -0.1) is 0 Å². The maximum Gasteiger partial charge on any atom is 0.201 e. The molecule has 0 amide bonds. The molecule has 14 heteroatoms. The van der Waals surface area contributed by atoms with Crippen molar-refractivity contribution >= 4 is 103 Å². The Morgan fingerprint density at radius 1 is 0.778 bits per heavy atom.